The van der Waals surface area contributed by atoms with Crippen LogP contribution in [0.3, 0.4) is 0 Å². The molecule has 0 bridgehead atoms. The maximum atomic E-state index is 12.0. The van der Waals surface area contributed by atoms with Crippen molar-refractivity contribution in [3.05, 3.63) is 27.8 Å². The molecule has 2 aromatic heterocycles. The van der Waals surface area contributed by atoms with E-state index in [2.05, 4.69) is 19.9 Å². The number of nitrogens with one attached hydrogen (secondary N) is 2. The summed E-state index contributed by atoms with van der Waals surface area (Å²) in [6, 6.07) is 0. The highest BCUT2D eigenvalue weighted by molar-refractivity contribution is 7.89. The second kappa shape index (κ2) is 5.14. The van der Waals surface area contributed by atoms with E-state index in [4.69, 9.17) is 5.73 Å². The van der Waals surface area contributed by atoms with Crippen LogP contribution in [0.25, 0.3) is 0 Å². The fraction of sp³-hybridized carbons (Fsp3) is 0.333. The smallest absolute Gasteiger partial charge is 0.260 e. The summed E-state index contributed by atoms with van der Waals surface area (Å²) in [5.74, 6) is 0. The van der Waals surface area contributed by atoms with Gasteiger partial charge in [-0.1, -0.05) is 0 Å². The highest BCUT2D eigenvalue weighted by Gasteiger charge is 2.22. The van der Waals surface area contributed by atoms with Crippen molar-refractivity contribution in [2.24, 2.45) is 5.73 Å². The van der Waals surface area contributed by atoms with E-state index in [1.165, 1.54) is 11.3 Å². The van der Waals surface area contributed by atoms with Gasteiger partial charge in [0, 0.05) is 23.2 Å². The number of H-pyrrole nitrogens is 1. The summed E-state index contributed by atoms with van der Waals surface area (Å²) in [6.45, 7) is 1.99. The van der Waals surface area contributed by atoms with Crippen molar-refractivity contribution in [1.82, 2.24) is 19.9 Å². The van der Waals surface area contributed by atoms with Gasteiger partial charge in [-0.2, -0.15) is 5.10 Å². The van der Waals surface area contributed by atoms with E-state index in [1.807, 2.05) is 0 Å². The van der Waals surface area contributed by atoms with Crippen LogP contribution >= 0.6 is 11.3 Å². The third kappa shape index (κ3) is 2.58. The number of aromatic amines is 1. The number of aryl methyl sites for hydroxylation is 1. The lowest BCUT2D eigenvalue weighted by molar-refractivity contribution is 0.575. The molecule has 0 amide bonds. The summed E-state index contributed by atoms with van der Waals surface area (Å²) in [4.78, 5) is 4.00. The molecule has 0 saturated carbocycles. The Morgan fingerprint density at radius 3 is 2.94 bits per heavy atom. The number of nitrogens with two attached hydrogens (primary N) is 1. The van der Waals surface area contributed by atoms with Crippen molar-refractivity contribution in [2.75, 3.05) is 0 Å². The Kier molecular flexibility index (Phi) is 3.76. The normalized spacial score (nSPS) is 11.9. The van der Waals surface area contributed by atoms with Crippen LogP contribution in [0.1, 0.15) is 17.0 Å². The zero-order valence-electron chi connectivity index (χ0n) is 9.67. The van der Waals surface area contributed by atoms with Crippen LogP contribution in [-0.2, 0) is 23.1 Å². The third-order valence-corrected chi connectivity index (χ3v) is 4.43. The summed E-state index contributed by atoms with van der Waals surface area (Å²) in [5, 5.41) is 8.15. The Morgan fingerprint density at radius 2 is 2.33 bits per heavy atom. The zero-order valence-corrected chi connectivity index (χ0v) is 11.3. The first-order valence-corrected chi connectivity index (χ1v) is 7.58. The van der Waals surface area contributed by atoms with Crippen LogP contribution in [-0.4, -0.2) is 23.6 Å². The molecule has 18 heavy (non-hydrogen) atoms. The van der Waals surface area contributed by atoms with Crippen molar-refractivity contribution in [3.63, 3.8) is 0 Å². The topological polar surface area (TPSA) is 114 Å². The van der Waals surface area contributed by atoms with Crippen molar-refractivity contribution in [2.45, 2.75) is 25.0 Å². The Hall–Kier alpha value is -1.29. The molecule has 0 aliphatic heterocycles. The Bertz CT molecular complexity index is 617. The predicted octanol–water partition coefficient (Wildman–Crippen LogP) is 0.112. The molecule has 2 heterocycles. The number of rotatable bonds is 5. The summed E-state index contributed by atoms with van der Waals surface area (Å²) in [5.41, 5.74) is 9.00. The lowest BCUT2D eigenvalue weighted by atomic mass is 10.3. The lowest BCUT2D eigenvalue weighted by Crippen LogP contribution is -2.25. The molecule has 4 N–H and O–H groups in total. The van der Waals surface area contributed by atoms with Crippen LogP contribution in [0.5, 0.6) is 0 Å². The number of aromatic nitrogens is 3. The Labute approximate surface area is 108 Å². The highest BCUT2D eigenvalue weighted by Crippen LogP contribution is 2.15. The number of hydrogen-bond acceptors (Lipinski definition) is 6. The van der Waals surface area contributed by atoms with Crippen LogP contribution in [0.4, 0.5) is 0 Å². The van der Waals surface area contributed by atoms with E-state index in [0.717, 1.165) is 0 Å². The monoisotopic (exact) mass is 287 g/mol. The van der Waals surface area contributed by atoms with Gasteiger partial charge in [-0.25, -0.2) is 18.1 Å². The average molecular weight is 287 g/mol. The van der Waals surface area contributed by atoms with Gasteiger partial charge in [-0.15, -0.1) is 11.3 Å². The molecule has 7 nitrogen and oxygen atoms in total. The number of thiazole rings is 1. The molecule has 0 aliphatic rings. The molecular weight excluding hydrogens is 274 g/mol. The van der Waals surface area contributed by atoms with Gasteiger partial charge in [0.1, 0.15) is 0 Å². The van der Waals surface area contributed by atoms with Gasteiger partial charge in [-0.3, -0.25) is 5.10 Å². The first-order valence-electron chi connectivity index (χ1n) is 5.15. The molecule has 2 aromatic rings. The number of hydrogen-bond donors (Lipinski definition) is 3. The summed E-state index contributed by atoms with van der Waals surface area (Å²) in [7, 11) is -3.67. The molecule has 0 aromatic carbocycles. The van der Waals surface area contributed by atoms with Gasteiger partial charge in [-0.05, 0) is 6.92 Å². The molecule has 9 heteroatoms. The van der Waals surface area contributed by atoms with E-state index < -0.39 is 10.0 Å². The maximum absolute atomic E-state index is 12.0. The molecule has 98 valence electrons. The van der Waals surface area contributed by atoms with Crippen LogP contribution in [0, 0.1) is 6.92 Å². The molecule has 0 spiro atoms. The van der Waals surface area contributed by atoms with Crippen molar-refractivity contribution < 1.29 is 8.42 Å². The Morgan fingerprint density at radius 1 is 1.56 bits per heavy atom. The SMILES string of the molecule is Cc1[nH]nc(S(=O)(=O)NCc2cscn2)c1CN. The van der Waals surface area contributed by atoms with E-state index in [9.17, 15) is 8.42 Å². The van der Waals surface area contributed by atoms with Crippen LogP contribution in [0.15, 0.2) is 15.9 Å². The number of nitrogens with zero attached hydrogens (tertiary/aromatic N) is 2. The van der Waals surface area contributed by atoms with Gasteiger partial charge in [0.15, 0.2) is 5.03 Å². The molecule has 0 atom stereocenters. The largest absolute Gasteiger partial charge is 0.326 e. The second-order valence-corrected chi connectivity index (χ2v) is 6.04. The highest BCUT2D eigenvalue weighted by atomic mass is 32.2. The summed E-state index contributed by atoms with van der Waals surface area (Å²) < 4.78 is 26.5. The van der Waals surface area contributed by atoms with Crippen molar-refractivity contribution >= 4 is 21.4 Å². The Balaban J connectivity index is 2.20. The van der Waals surface area contributed by atoms with E-state index >= 15 is 0 Å². The van der Waals surface area contributed by atoms with Gasteiger partial charge >= 0.3 is 0 Å². The summed E-state index contributed by atoms with van der Waals surface area (Å²) in [6.07, 6.45) is 0. The van der Waals surface area contributed by atoms with Crippen LogP contribution in [0.2, 0.25) is 0 Å². The molecule has 0 unspecified atom stereocenters. The third-order valence-electron chi connectivity index (χ3n) is 2.42. The average Bonchev–Trinajstić information content (AvgIpc) is 2.95. The molecule has 0 saturated heterocycles. The van der Waals surface area contributed by atoms with Crippen molar-refractivity contribution in [3.8, 4) is 0 Å². The fourth-order valence-electron chi connectivity index (χ4n) is 1.45. The van der Waals surface area contributed by atoms with Crippen molar-refractivity contribution in [1.29, 1.82) is 0 Å². The minimum atomic E-state index is -3.67. The minimum Gasteiger partial charge on any atom is -0.326 e. The molecule has 2 rings (SSSR count). The van der Waals surface area contributed by atoms with Crippen LogP contribution < -0.4 is 10.5 Å². The van der Waals surface area contributed by atoms with Gasteiger partial charge in [0.25, 0.3) is 10.0 Å². The first kappa shape index (κ1) is 13.1. The fourth-order valence-corrected chi connectivity index (χ4v) is 3.21. The maximum Gasteiger partial charge on any atom is 0.260 e. The number of sulfonamides is 1. The molecule has 0 radical (unpaired) electrons. The van der Waals surface area contributed by atoms with E-state index in [1.54, 1.807) is 17.8 Å². The zero-order chi connectivity index (χ0) is 13.2. The molecule has 0 fully saturated rings. The lowest BCUT2D eigenvalue weighted by Gasteiger charge is -2.04. The second-order valence-electron chi connectivity index (χ2n) is 3.64. The van der Waals surface area contributed by atoms with E-state index in [0.29, 0.717) is 17.0 Å². The predicted molar refractivity (Wildman–Crippen MR) is 67.4 cm³/mol. The molecular formula is C9H13N5O2S2. The quantitative estimate of drug-likeness (QED) is 0.722. The van der Waals surface area contributed by atoms with Gasteiger partial charge in [0.2, 0.25) is 0 Å². The first-order chi connectivity index (χ1) is 8.54. The minimum absolute atomic E-state index is 0.0438. The summed E-state index contributed by atoms with van der Waals surface area (Å²) >= 11 is 1.41. The van der Waals surface area contributed by atoms with Gasteiger partial charge < -0.3 is 5.73 Å². The van der Waals surface area contributed by atoms with Gasteiger partial charge in [0.05, 0.1) is 17.7 Å². The van der Waals surface area contributed by atoms with E-state index in [-0.39, 0.29) is 18.1 Å². The standard InChI is InChI=1S/C9H13N5O2S2/c1-6-8(2-10)9(14-13-6)18(15,16)12-3-7-4-17-5-11-7/h4-5,12H,2-3,10H2,1H3,(H,13,14). The molecule has 0 aliphatic carbocycles.